The number of nitrogens with zero attached hydrogens (tertiary/aromatic N) is 2. The van der Waals surface area contributed by atoms with E-state index in [4.69, 9.17) is 9.84 Å². The first-order valence-electron chi connectivity index (χ1n) is 13.2. The highest BCUT2D eigenvalue weighted by Gasteiger charge is 2.23. The van der Waals surface area contributed by atoms with Gasteiger partial charge in [0.2, 0.25) is 11.8 Å². The van der Waals surface area contributed by atoms with E-state index in [9.17, 15) is 29.1 Å². The Balaban J connectivity index is 1.61. The Kier molecular flexibility index (Phi) is 11.2. The van der Waals surface area contributed by atoms with Crippen molar-refractivity contribution in [3.8, 4) is 5.75 Å². The zero-order chi connectivity index (χ0) is 31.5. The van der Waals surface area contributed by atoms with Gasteiger partial charge in [0.25, 0.3) is 0 Å². The van der Waals surface area contributed by atoms with Crippen LogP contribution < -0.4 is 25.6 Å². The number of nitrogens with one attached hydrogen (secondary N) is 3. The summed E-state index contributed by atoms with van der Waals surface area (Å²) in [6.07, 6.45) is 0.728. The van der Waals surface area contributed by atoms with Crippen molar-refractivity contribution < 1.29 is 38.9 Å². The fourth-order valence-electron chi connectivity index (χ4n) is 4.02. The smallest absolute Gasteiger partial charge is 0.323 e. The number of aromatic nitrogens is 1. The Morgan fingerprint density at radius 2 is 1.67 bits per heavy atom. The molecule has 2 aromatic carbocycles. The first-order valence-corrected chi connectivity index (χ1v) is 13.2. The molecule has 1 atom stereocenters. The van der Waals surface area contributed by atoms with Crippen molar-refractivity contribution in [3.63, 3.8) is 0 Å². The molecule has 0 radical (unpaired) electrons. The molecule has 1 aromatic heterocycles. The number of para-hydroxylation sites is 1. The molecule has 226 valence electrons. The monoisotopic (exact) mass is 591 g/mol. The second-order valence-corrected chi connectivity index (χ2v) is 9.59. The van der Waals surface area contributed by atoms with Crippen LogP contribution in [0.25, 0.3) is 0 Å². The largest absolute Gasteiger partial charge is 0.495 e. The molecule has 0 aliphatic carbocycles. The average molecular weight is 592 g/mol. The summed E-state index contributed by atoms with van der Waals surface area (Å²) in [5.74, 6) is -4.01. The average Bonchev–Trinajstić information content (AvgIpc) is 2.97. The number of pyridine rings is 1. The molecule has 0 aliphatic rings. The second-order valence-electron chi connectivity index (χ2n) is 9.59. The fraction of sp³-hybridized carbons (Fsp3) is 0.267. The summed E-state index contributed by atoms with van der Waals surface area (Å²) in [5, 5.41) is 26.2. The van der Waals surface area contributed by atoms with Gasteiger partial charge >= 0.3 is 18.0 Å². The van der Waals surface area contributed by atoms with Crippen LogP contribution in [0, 0.1) is 6.92 Å². The molecule has 0 aliphatic heterocycles. The number of aryl methyl sites for hydroxylation is 1. The number of carboxylic acid groups (broad SMARTS) is 2. The van der Waals surface area contributed by atoms with Gasteiger partial charge in [0, 0.05) is 25.7 Å². The van der Waals surface area contributed by atoms with E-state index in [-0.39, 0.29) is 37.4 Å². The molecular weight excluding hydrogens is 558 g/mol. The normalized spacial score (nSPS) is 11.1. The molecular formula is C30H33N5O8. The van der Waals surface area contributed by atoms with Gasteiger partial charge in [0.05, 0.1) is 43.2 Å². The van der Waals surface area contributed by atoms with Gasteiger partial charge in [-0.25, -0.2) is 4.79 Å². The van der Waals surface area contributed by atoms with Crippen molar-refractivity contribution >= 4 is 46.8 Å². The van der Waals surface area contributed by atoms with Gasteiger partial charge in [-0.15, -0.1) is 0 Å². The van der Waals surface area contributed by atoms with Crippen LogP contribution >= 0.6 is 0 Å². The van der Waals surface area contributed by atoms with Gasteiger partial charge in [0.15, 0.2) is 0 Å². The molecule has 5 N–H and O–H groups in total. The number of urea groups is 1. The summed E-state index contributed by atoms with van der Waals surface area (Å²) in [7, 11) is 3.01. The highest BCUT2D eigenvalue weighted by atomic mass is 16.5. The van der Waals surface area contributed by atoms with Crippen LogP contribution in [-0.2, 0) is 25.6 Å². The summed E-state index contributed by atoms with van der Waals surface area (Å²) in [5.41, 5.74) is 3.21. The third-order valence-corrected chi connectivity index (χ3v) is 6.52. The molecule has 1 unspecified atom stereocenters. The maximum absolute atomic E-state index is 13.0. The second kappa shape index (κ2) is 15.0. The van der Waals surface area contributed by atoms with Crippen molar-refractivity contribution in [2.24, 2.45) is 0 Å². The van der Waals surface area contributed by atoms with Crippen LogP contribution in [0.5, 0.6) is 5.75 Å². The van der Waals surface area contributed by atoms with Gasteiger partial charge < -0.3 is 35.8 Å². The molecule has 43 heavy (non-hydrogen) atoms. The highest BCUT2D eigenvalue weighted by Crippen LogP contribution is 2.27. The van der Waals surface area contributed by atoms with E-state index in [1.807, 2.05) is 25.1 Å². The number of carbonyl (C=O) groups is 5. The first kappa shape index (κ1) is 32.1. The Labute approximate surface area is 247 Å². The zero-order valence-corrected chi connectivity index (χ0v) is 23.9. The number of hydrogen-bond donors (Lipinski definition) is 5. The van der Waals surface area contributed by atoms with E-state index in [1.165, 1.54) is 24.3 Å². The van der Waals surface area contributed by atoms with E-state index in [2.05, 4.69) is 20.9 Å². The topological polar surface area (TPSA) is 187 Å². The zero-order valence-electron chi connectivity index (χ0n) is 23.9. The number of methoxy groups -OCH3 is 1. The molecule has 0 spiro atoms. The van der Waals surface area contributed by atoms with Crippen molar-refractivity contribution in [2.45, 2.75) is 32.1 Å². The summed E-state index contributed by atoms with van der Waals surface area (Å²) in [4.78, 5) is 65.2. The third kappa shape index (κ3) is 9.28. The molecule has 13 nitrogen and oxygen atoms in total. The molecule has 3 aromatic rings. The Hall–Kier alpha value is -5.46. The highest BCUT2D eigenvalue weighted by molar-refractivity contribution is 6.01. The molecule has 13 heteroatoms. The van der Waals surface area contributed by atoms with Crippen molar-refractivity contribution in [1.29, 1.82) is 0 Å². The molecule has 0 fully saturated rings. The number of aliphatic carboxylic acids is 2. The summed E-state index contributed by atoms with van der Waals surface area (Å²) >= 11 is 0. The summed E-state index contributed by atoms with van der Waals surface area (Å²) < 4.78 is 5.42. The Morgan fingerprint density at radius 1 is 0.953 bits per heavy atom. The SMILES string of the molecule is COc1cc(CC(=O)N(C)c2ccc(C(CNC(=O)CCC(=O)O)C(=O)O)nc2)ccc1NC(=O)Nc1ccccc1C. The van der Waals surface area contributed by atoms with E-state index < -0.39 is 29.8 Å². The van der Waals surface area contributed by atoms with E-state index in [0.29, 0.717) is 28.4 Å². The maximum Gasteiger partial charge on any atom is 0.323 e. The van der Waals surface area contributed by atoms with E-state index >= 15 is 0 Å². The lowest BCUT2D eigenvalue weighted by atomic mass is 10.0. The number of ether oxygens (including phenoxy) is 1. The van der Waals surface area contributed by atoms with Gasteiger partial charge in [-0.3, -0.25) is 24.2 Å². The minimum Gasteiger partial charge on any atom is -0.495 e. The van der Waals surface area contributed by atoms with Crippen LogP contribution in [0.15, 0.2) is 60.8 Å². The lowest BCUT2D eigenvalue weighted by Gasteiger charge is -2.19. The van der Waals surface area contributed by atoms with Gasteiger partial charge in [0.1, 0.15) is 11.7 Å². The third-order valence-electron chi connectivity index (χ3n) is 6.52. The van der Waals surface area contributed by atoms with Crippen LogP contribution in [0.1, 0.15) is 35.6 Å². The number of rotatable bonds is 13. The van der Waals surface area contributed by atoms with Crippen LogP contribution in [0.3, 0.4) is 0 Å². The van der Waals surface area contributed by atoms with Crippen LogP contribution in [-0.4, -0.2) is 65.7 Å². The van der Waals surface area contributed by atoms with Crippen molar-refractivity contribution in [3.05, 3.63) is 77.6 Å². The van der Waals surface area contributed by atoms with Gasteiger partial charge in [-0.1, -0.05) is 24.3 Å². The summed E-state index contributed by atoms with van der Waals surface area (Å²) in [6, 6.07) is 14.9. The number of anilines is 3. The Morgan fingerprint density at radius 3 is 2.30 bits per heavy atom. The first-order chi connectivity index (χ1) is 20.5. The van der Waals surface area contributed by atoms with Crippen LogP contribution in [0.4, 0.5) is 21.9 Å². The number of likely N-dealkylation sites (N-methyl/N-ethyl adjacent to an activating group) is 1. The molecule has 3 rings (SSSR count). The minimum absolute atomic E-state index is 0.00439. The lowest BCUT2D eigenvalue weighted by Crippen LogP contribution is -2.32. The number of carboxylic acids is 2. The summed E-state index contributed by atoms with van der Waals surface area (Å²) in [6.45, 7) is 1.61. The quantitative estimate of drug-likeness (QED) is 0.198. The maximum atomic E-state index is 13.0. The van der Waals surface area contributed by atoms with E-state index in [1.54, 1.807) is 37.4 Å². The van der Waals surface area contributed by atoms with Gasteiger partial charge in [-0.2, -0.15) is 0 Å². The van der Waals surface area contributed by atoms with E-state index in [0.717, 1.165) is 5.56 Å². The fourth-order valence-corrected chi connectivity index (χ4v) is 4.02. The molecule has 0 saturated carbocycles. The number of carbonyl (C=O) groups excluding carboxylic acids is 3. The Bertz CT molecular complexity index is 1490. The predicted octanol–water partition coefficient (Wildman–Crippen LogP) is 3.40. The number of benzene rings is 2. The molecule has 4 amide bonds. The molecule has 1 heterocycles. The minimum atomic E-state index is -1.22. The molecule has 0 saturated heterocycles. The lowest BCUT2D eigenvalue weighted by molar-refractivity contribution is -0.140. The predicted molar refractivity (Wildman–Crippen MR) is 158 cm³/mol. The standard InChI is InChI=1S/C30H33N5O8/c1-18-6-4-5-7-22(18)33-30(42)34-24-10-8-19(14-25(24)43-3)15-27(37)35(2)20-9-11-23(31-16-20)21(29(40)41)17-32-26(36)12-13-28(38)39/h4-11,14,16,21H,12-13,15,17H2,1-3H3,(H,32,36)(H,38,39)(H,40,41)(H2,33,34,42). The molecule has 0 bridgehead atoms. The van der Waals surface area contributed by atoms with Crippen molar-refractivity contribution in [2.75, 3.05) is 36.2 Å². The number of hydrogen-bond acceptors (Lipinski definition) is 7. The van der Waals surface area contributed by atoms with Crippen molar-refractivity contribution in [1.82, 2.24) is 10.3 Å². The van der Waals surface area contributed by atoms with Crippen LogP contribution in [0.2, 0.25) is 0 Å². The van der Waals surface area contributed by atoms with Gasteiger partial charge in [-0.05, 0) is 48.4 Å². The number of amides is 4.